The van der Waals surface area contributed by atoms with Crippen LogP contribution in [-0.2, 0) is 0 Å². The summed E-state index contributed by atoms with van der Waals surface area (Å²) in [5, 5.41) is 9.48. The maximum Gasteiger partial charge on any atom is 0.157 e. The molecule has 4 heteroatoms. The number of aromatic nitrogens is 3. The molecule has 3 heterocycles. The fourth-order valence-corrected chi connectivity index (χ4v) is 1.39. The molecule has 3 rings (SSSR count). The summed E-state index contributed by atoms with van der Waals surface area (Å²) in [4.78, 5) is 4.03. The van der Waals surface area contributed by atoms with Gasteiger partial charge in [0.05, 0.1) is 17.8 Å². The maximum absolute atomic E-state index is 5.51. The Labute approximate surface area is 73.2 Å². The van der Waals surface area contributed by atoms with Crippen LogP contribution in [0.15, 0.2) is 35.3 Å². The number of nitrogens with zero attached hydrogens (tertiary/aromatic N) is 3. The highest BCUT2D eigenvalue weighted by atomic mass is 16.3. The molecule has 0 aliphatic rings. The molecule has 0 aliphatic carbocycles. The van der Waals surface area contributed by atoms with Crippen LogP contribution in [0.1, 0.15) is 0 Å². The van der Waals surface area contributed by atoms with E-state index in [1.807, 2.05) is 6.07 Å². The topological polar surface area (TPSA) is 51.8 Å². The van der Waals surface area contributed by atoms with Crippen molar-refractivity contribution in [1.29, 1.82) is 0 Å². The lowest BCUT2D eigenvalue weighted by Gasteiger charge is -1.83. The van der Waals surface area contributed by atoms with E-state index in [1.54, 1.807) is 24.8 Å². The smallest absolute Gasteiger partial charge is 0.157 e. The van der Waals surface area contributed by atoms with E-state index in [-0.39, 0.29) is 0 Å². The van der Waals surface area contributed by atoms with Gasteiger partial charge in [0.1, 0.15) is 5.58 Å². The SMILES string of the molecule is c1cc2oc3cnncc3c2cn1. The highest BCUT2D eigenvalue weighted by Gasteiger charge is 2.05. The summed E-state index contributed by atoms with van der Waals surface area (Å²) in [6, 6.07) is 1.83. The van der Waals surface area contributed by atoms with Gasteiger partial charge in [0.25, 0.3) is 0 Å². The second-order valence-electron chi connectivity index (χ2n) is 2.74. The second kappa shape index (κ2) is 2.26. The molecule has 0 amide bonds. The first-order valence-electron chi connectivity index (χ1n) is 3.88. The Kier molecular flexibility index (Phi) is 1.14. The number of fused-ring (bicyclic) bond motifs is 3. The van der Waals surface area contributed by atoms with Crippen molar-refractivity contribution in [2.75, 3.05) is 0 Å². The lowest BCUT2D eigenvalue weighted by molar-refractivity contribution is 0.664. The van der Waals surface area contributed by atoms with Gasteiger partial charge in [-0.15, -0.1) is 0 Å². The average Bonchev–Trinajstić information content (AvgIpc) is 2.56. The summed E-state index contributed by atoms with van der Waals surface area (Å²) in [7, 11) is 0. The normalized spacial score (nSPS) is 11.1. The molecule has 13 heavy (non-hydrogen) atoms. The van der Waals surface area contributed by atoms with Crippen LogP contribution in [0.4, 0.5) is 0 Å². The largest absolute Gasteiger partial charge is 0.454 e. The van der Waals surface area contributed by atoms with Gasteiger partial charge in [-0.05, 0) is 6.07 Å². The predicted octanol–water partition coefficient (Wildman–Crippen LogP) is 1.77. The van der Waals surface area contributed by atoms with Gasteiger partial charge in [-0.25, -0.2) is 0 Å². The van der Waals surface area contributed by atoms with Gasteiger partial charge >= 0.3 is 0 Å². The van der Waals surface area contributed by atoms with E-state index in [0.717, 1.165) is 21.9 Å². The number of hydrogen-bond acceptors (Lipinski definition) is 4. The standard InChI is InChI=1S/C9H5N3O/c1-2-10-3-6-7-4-11-12-5-9(7)13-8(1)6/h1-5H. The van der Waals surface area contributed by atoms with Crippen LogP contribution >= 0.6 is 0 Å². The van der Waals surface area contributed by atoms with Crippen molar-refractivity contribution in [3.8, 4) is 0 Å². The van der Waals surface area contributed by atoms with Gasteiger partial charge < -0.3 is 4.42 Å². The highest BCUT2D eigenvalue weighted by Crippen LogP contribution is 2.25. The maximum atomic E-state index is 5.51. The summed E-state index contributed by atoms with van der Waals surface area (Å²) in [5.74, 6) is 0. The molecule has 0 atom stereocenters. The van der Waals surface area contributed by atoms with Crippen LogP contribution in [0.5, 0.6) is 0 Å². The molecule has 0 aliphatic heterocycles. The highest BCUT2D eigenvalue weighted by molar-refractivity contribution is 6.03. The first-order chi connectivity index (χ1) is 6.45. The van der Waals surface area contributed by atoms with Crippen LogP contribution in [0.2, 0.25) is 0 Å². The summed E-state index contributed by atoms with van der Waals surface area (Å²) < 4.78 is 5.51. The molecule has 0 aromatic carbocycles. The molecule has 4 nitrogen and oxygen atoms in total. The lowest BCUT2D eigenvalue weighted by Crippen LogP contribution is -1.75. The van der Waals surface area contributed by atoms with Crippen molar-refractivity contribution in [3.05, 3.63) is 30.9 Å². The Morgan fingerprint density at radius 1 is 0.923 bits per heavy atom. The van der Waals surface area contributed by atoms with Crippen LogP contribution < -0.4 is 0 Å². The van der Waals surface area contributed by atoms with Gasteiger partial charge in [0, 0.05) is 17.8 Å². The Morgan fingerprint density at radius 2 is 1.77 bits per heavy atom. The van der Waals surface area contributed by atoms with Gasteiger partial charge in [0.15, 0.2) is 5.58 Å². The van der Waals surface area contributed by atoms with E-state index in [4.69, 9.17) is 4.42 Å². The van der Waals surface area contributed by atoms with Gasteiger partial charge in [0.2, 0.25) is 0 Å². The molecule has 0 saturated heterocycles. The molecule has 0 spiro atoms. The molecule has 62 valence electrons. The third-order valence-corrected chi connectivity index (χ3v) is 1.99. The molecule has 0 bridgehead atoms. The molecule has 3 aromatic rings. The monoisotopic (exact) mass is 171 g/mol. The van der Waals surface area contributed by atoms with E-state index in [9.17, 15) is 0 Å². The summed E-state index contributed by atoms with van der Waals surface area (Å²) >= 11 is 0. The zero-order chi connectivity index (χ0) is 8.67. The number of furan rings is 1. The lowest BCUT2D eigenvalue weighted by atomic mass is 10.2. The van der Waals surface area contributed by atoms with Gasteiger partial charge in [-0.3, -0.25) is 4.98 Å². The Balaban J connectivity index is 2.64. The van der Waals surface area contributed by atoms with E-state index in [1.165, 1.54) is 0 Å². The summed E-state index contributed by atoms with van der Waals surface area (Å²) in [6.45, 7) is 0. The van der Waals surface area contributed by atoms with Gasteiger partial charge in [-0.1, -0.05) is 0 Å². The Morgan fingerprint density at radius 3 is 2.77 bits per heavy atom. The van der Waals surface area contributed by atoms with E-state index < -0.39 is 0 Å². The number of rotatable bonds is 0. The molecular formula is C9H5N3O. The van der Waals surface area contributed by atoms with Crippen LogP contribution in [-0.4, -0.2) is 15.2 Å². The minimum atomic E-state index is 0.748. The minimum absolute atomic E-state index is 0.748. The van der Waals surface area contributed by atoms with Gasteiger partial charge in [-0.2, -0.15) is 10.2 Å². The molecule has 0 radical (unpaired) electrons. The van der Waals surface area contributed by atoms with E-state index in [0.29, 0.717) is 0 Å². The summed E-state index contributed by atoms with van der Waals surface area (Å²) in [5.41, 5.74) is 1.57. The van der Waals surface area contributed by atoms with E-state index >= 15 is 0 Å². The van der Waals surface area contributed by atoms with Crippen molar-refractivity contribution < 1.29 is 4.42 Å². The zero-order valence-electron chi connectivity index (χ0n) is 6.64. The van der Waals surface area contributed by atoms with Crippen molar-refractivity contribution in [2.24, 2.45) is 0 Å². The fourth-order valence-electron chi connectivity index (χ4n) is 1.39. The average molecular weight is 171 g/mol. The predicted molar refractivity (Wildman–Crippen MR) is 47.1 cm³/mol. The minimum Gasteiger partial charge on any atom is -0.454 e. The Hall–Kier alpha value is -1.97. The van der Waals surface area contributed by atoms with Crippen LogP contribution in [0, 0.1) is 0 Å². The second-order valence-corrected chi connectivity index (χ2v) is 2.74. The first-order valence-corrected chi connectivity index (χ1v) is 3.88. The molecular weight excluding hydrogens is 166 g/mol. The number of hydrogen-bond donors (Lipinski definition) is 0. The quantitative estimate of drug-likeness (QED) is 0.517. The third kappa shape index (κ3) is 0.823. The Bertz CT molecular complexity index is 523. The third-order valence-electron chi connectivity index (χ3n) is 1.99. The molecule has 3 aromatic heterocycles. The molecule has 0 N–H and O–H groups in total. The van der Waals surface area contributed by atoms with Crippen molar-refractivity contribution in [3.63, 3.8) is 0 Å². The fraction of sp³-hybridized carbons (Fsp3) is 0. The molecule has 0 unspecified atom stereocenters. The molecule has 0 saturated carbocycles. The van der Waals surface area contributed by atoms with Crippen LogP contribution in [0.3, 0.4) is 0 Å². The number of pyridine rings is 1. The van der Waals surface area contributed by atoms with E-state index in [2.05, 4.69) is 15.2 Å². The van der Waals surface area contributed by atoms with Crippen LogP contribution in [0.25, 0.3) is 21.9 Å². The van der Waals surface area contributed by atoms with Crippen molar-refractivity contribution in [2.45, 2.75) is 0 Å². The molecule has 0 fully saturated rings. The van der Waals surface area contributed by atoms with Crippen molar-refractivity contribution >= 4 is 21.9 Å². The van der Waals surface area contributed by atoms with Crippen molar-refractivity contribution in [1.82, 2.24) is 15.2 Å². The zero-order valence-corrected chi connectivity index (χ0v) is 6.64. The first kappa shape index (κ1) is 6.54. The summed E-state index contributed by atoms with van der Waals surface area (Å²) in [6.07, 6.45) is 6.76.